The zero-order chi connectivity index (χ0) is 32.7. The molecule has 0 amide bonds. The van der Waals surface area contributed by atoms with E-state index in [1.54, 1.807) is 0 Å². The number of nitrogens with one attached hydrogen (secondary N) is 2. The Morgan fingerprint density at radius 1 is 0.327 bits per heavy atom. The summed E-state index contributed by atoms with van der Waals surface area (Å²) >= 11 is 4.58. The standard InChI is InChI=1S/C44H30N4S/c49-32-18-16-31(17-19-32)44-39-26-24-37(47-39)42(29-12-6-2-7-13-29)35-22-20-33(45-35)41(28-10-4-1-5-11-28)34-21-23-36(46-34)43(30-14-8-3-9-15-30)38-25-27-40(44)48-38/h1-27,45,48-49H. The second kappa shape index (κ2) is 12.1. The Bertz CT molecular complexity index is 2540. The van der Waals surface area contributed by atoms with Crippen molar-refractivity contribution in [1.29, 1.82) is 0 Å². The molecular weight excluding hydrogens is 617 g/mol. The van der Waals surface area contributed by atoms with Crippen LogP contribution in [0, 0.1) is 0 Å². The molecule has 2 N–H and O–H groups in total. The molecule has 3 aromatic heterocycles. The molecule has 0 saturated carbocycles. The number of thiol groups is 1. The molecule has 5 heteroatoms. The van der Waals surface area contributed by atoms with Gasteiger partial charge in [-0.3, -0.25) is 0 Å². The second-order valence-corrected chi connectivity index (χ2v) is 12.7. The molecule has 8 bridgehead atoms. The molecule has 4 nitrogen and oxygen atoms in total. The number of hydrogen-bond donors (Lipinski definition) is 3. The SMILES string of the molecule is Sc1ccc(-c2c3nc(c(-c4ccccc4)c4ccc([nH]4)c(-c4ccccc4)c4nc(c(-c5ccccc5)c5ccc2[nH]5)C=C4)C=C3)cc1. The van der Waals surface area contributed by atoms with Gasteiger partial charge in [-0.25, -0.2) is 9.97 Å². The molecule has 2 aliphatic heterocycles. The number of fused-ring (bicyclic) bond motifs is 8. The molecule has 0 radical (unpaired) electrons. The van der Waals surface area contributed by atoms with Crippen molar-refractivity contribution in [1.82, 2.24) is 19.9 Å². The van der Waals surface area contributed by atoms with Crippen LogP contribution in [0.3, 0.4) is 0 Å². The summed E-state index contributed by atoms with van der Waals surface area (Å²) in [4.78, 5) is 19.2. The first-order chi connectivity index (χ1) is 24.2. The van der Waals surface area contributed by atoms with E-state index in [0.29, 0.717) is 0 Å². The number of nitrogens with zero attached hydrogens (tertiary/aromatic N) is 2. The van der Waals surface area contributed by atoms with Crippen LogP contribution in [-0.4, -0.2) is 19.9 Å². The molecule has 2 aliphatic rings. The van der Waals surface area contributed by atoms with Crippen molar-refractivity contribution in [3.8, 4) is 44.5 Å². The number of benzene rings is 4. The van der Waals surface area contributed by atoms with Crippen molar-refractivity contribution in [2.45, 2.75) is 4.90 Å². The third-order valence-corrected chi connectivity index (χ3v) is 9.40. The van der Waals surface area contributed by atoms with Crippen molar-refractivity contribution < 1.29 is 0 Å². The summed E-state index contributed by atoms with van der Waals surface area (Å²) in [5.74, 6) is 0. The lowest BCUT2D eigenvalue weighted by atomic mass is 10.0. The van der Waals surface area contributed by atoms with Crippen molar-refractivity contribution in [3.05, 3.63) is 162 Å². The van der Waals surface area contributed by atoms with E-state index in [4.69, 9.17) is 9.97 Å². The van der Waals surface area contributed by atoms with Crippen LogP contribution in [0.1, 0.15) is 22.8 Å². The summed E-state index contributed by atoms with van der Waals surface area (Å²) in [5.41, 5.74) is 15.9. The molecule has 0 unspecified atom stereocenters. The molecular formula is C44H30N4S. The smallest absolute Gasteiger partial charge is 0.0737 e. The minimum absolute atomic E-state index is 0.883. The first-order valence-corrected chi connectivity index (χ1v) is 16.8. The van der Waals surface area contributed by atoms with E-state index < -0.39 is 0 Å². The minimum atomic E-state index is 0.883. The number of aromatic nitrogens is 4. The van der Waals surface area contributed by atoms with Crippen molar-refractivity contribution in [2.24, 2.45) is 0 Å². The topological polar surface area (TPSA) is 57.4 Å². The quantitative estimate of drug-likeness (QED) is 0.167. The first-order valence-electron chi connectivity index (χ1n) is 16.3. The molecule has 49 heavy (non-hydrogen) atoms. The predicted molar refractivity (Wildman–Crippen MR) is 208 cm³/mol. The van der Waals surface area contributed by atoms with Crippen LogP contribution in [-0.2, 0) is 0 Å². The van der Waals surface area contributed by atoms with E-state index in [1.807, 2.05) is 30.3 Å². The largest absolute Gasteiger partial charge is 0.354 e. The van der Waals surface area contributed by atoms with E-state index >= 15 is 0 Å². The summed E-state index contributed by atoms with van der Waals surface area (Å²) in [6.07, 6.45) is 8.51. The highest BCUT2D eigenvalue weighted by Gasteiger charge is 2.18. The summed E-state index contributed by atoms with van der Waals surface area (Å²) in [7, 11) is 0. The number of aromatic amines is 2. The van der Waals surface area contributed by atoms with Gasteiger partial charge in [0.15, 0.2) is 0 Å². The summed E-state index contributed by atoms with van der Waals surface area (Å²) in [6, 6.07) is 48.3. The molecule has 0 spiro atoms. The fourth-order valence-electron chi connectivity index (χ4n) is 6.86. The fraction of sp³-hybridized carbons (Fsp3) is 0. The molecule has 0 aliphatic carbocycles. The number of rotatable bonds is 4. The first kappa shape index (κ1) is 29.0. The Labute approximate surface area is 289 Å². The summed E-state index contributed by atoms with van der Waals surface area (Å²) in [5, 5.41) is 0. The van der Waals surface area contributed by atoms with Gasteiger partial charge in [0.1, 0.15) is 0 Å². The summed E-state index contributed by atoms with van der Waals surface area (Å²) in [6.45, 7) is 0. The van der Waals surface area contributed by atoms with Crippen LogP contribution >= 0.6 is 12.6 Å². The van der Waals surface area contributed by atoms with Crippen molar-refractivity contribution in [3.63, 3.8) is 0 Å². The van der Waals surface area contributed by atoms with Crippen LogP contribution in [0.4, 0.5) is 0 Å². The molecule has 7 aromatic rings. The maximum absolute atomic E-state index is 5.35. The Kier molecular flexibility index (Phi) is 7.18. The third-order valence-electron chi connectivity index (χ3n) is 9.10. The highest BCUT2D eigenvalue weighted by molar-refractivity contribution is 7.80. The van der Waals surface area contributed by atoms with Gasteiger partial charge in [-0.15, -0.1) is 12.6 Å². The van der Waals surface area contributed by atoms with Gasteiger partial charge in [-0.1, -0.05) is 103 Å². The molecule has 0 saturated heterocycles. The van der Waals surface area contributed by atoms with Crippen LogP contribution in [0.5, 0.6) is 0 Å². The maximum Gasteiger partial charge on any atom is 0.0737 e. The normalized spacial score (nSPS) is 12.0. The van der Waals surface area contributed by atoms with E-state index in [2.05, 4.69) is 156 Å². The van der Waals surface area contributed by atoms with E-state index in [1.165, 1.54) is 0 Å². The van der Waals surface area contributed by atoms with Gasteiger partial charge in [-0.2, -0.15) is 0 Å². The molecule has 4 aromatic carbocycles. The lowest BCUT2D eigenvalue weighted by Gasteiger charge is -2.07. The average molecular weight is 647 g/mol. The third kappa shape index (κ3) is 5.31. The number of H-pyrrole nitrogens is 2. The maximum atomic E-state index is 5.35. The van der Waals surface area contributed by atoms with Gasteiger partial charge in [-0.05, 0) is 83.0 Å². The van der Waals surface area contributed by atoms with Gasteiger partial charge in [0.05, 0.1) is 22.8 Å². The van der Waals surface area contributed by atoms with Gasteiger partial charge in [0, 0.05) is 49.2 Å². The van der Waals surface area contributed by atoms with Crippen molar-refractivity contribution in [2.75, 3.05) is 0 Å². The molecule has 0 atom stereocenters. The van der Waals surface area contributed by atoms with Gasteiger partial charge < -0.3 is 9.97 Å². The number of hydrogen-bond acceptors (Lipinski definition) is 3. The van der Waals surface area contributed by atoms with Crippen LogP contribution in [0.2, 0.25) is 0 Å². The Morgan fingerprint density at radius 2 is 0.612 bits per heavy atom. The zero-order valence-electron chi connectivity index (χ0n) is 26.4. The molecule has 232 valence electrons. The second-order valence-electron chi connectivity index (χ2n) is 12.1. The van der Waals surface area contributed by atoms with E-state index in [9.17, 15) is 0 Å². The Hall–Kier alpha value is -6.17. The molecule has 5 heterocycles. The Balaban J connectivity index is 1.48. The van der Waals surface area contributed by atoms with E-state index in [0.717, 1.165) is 94.2 Å². The fourth-order valence-corrected chi connectivity index (χ4v) is 7.01. The highest BCUT2D eigenvalue weighted by Crippen LogP contribution is 2.38. The van der Waals surface area contributed by atoms with E-state index in [-0.39, 0.29) is 0 Å². The van der Waals surface area contributed by atoms with Crippen LogP contribution < -0.4 is 0 Å². The zero-order valence-corrected chi connectivity index (χ0v) is 27.3. The average Bonchev–Trinajstić information content (AvgIpc) is 3.98. The molecule has 0 fully saturated rings. The predicted octanol–water partition coefficient (Wildman–Crippen LogP) is 11.6. The van der Waals surface area contributed by atoms with Crippen LogP contribution in [0.25, 0.3) is 90.9 Å². The lowest BCUT2D eigenvalue weighted by molar-refractivity contribution is 1.31. The Morgan fingerprint density at radius 3 is 0.918 bits per heavy atom. The summed E-state index contributed by atoms with van der Waals surface area (Å²) < 4.78 is 0. The molecule has 9 rings (SSSR count). The van der Waals surface area contributed by atoms with Gasteiger partial charge in [0.25, 0.3) is 0 Å². The highest BCUT2D eigenvalue weighted by atomic mass is 32.1. The van der Waals surface area contributed by atoms with Crippen LogP contribution in [0.15, 0.2) is 144 Å². The lowest BCUT2D eigenvalue weighted by Crippen LogP contribution is -1.89. The van der Waals surface area contributed by atoms with Gasteiger partial charge in [0.2, 0.25) is 0 Å². The minimum Gasteiger partial charge on any atom is -0.354 e. The van der Waals surface area contributed by atoms with Crippen molar-refractivity contribution >= 4 is 59.0 Å². The monoisotopic (exact) mass is 646 g/mol. The van der Waals surface area contributed by atoms with Gasteiger partial charge >= 0.3 is 0 Å².